The van der Waals surface area contributed by atoms with E-state index < -0.39 is 0 Å². The maximum absolute atomic E-state index is 13.4. The number of nitrogens with zero attached hydrogens (tertiary/aromatic N) is 1. The van der Waals surface area contributed by atoms with Gasteiger partial charge in [0.05, 0.1) is 16.7 Å². The average molecular weight is 199 g/mol. The number of hydrogen-bond acceptors (Lipinski definition) is 1. The number of fused-ring (bicyclic) bond motifs is 1. The summed E-state index contributed by atoms with van der Waals surface area (Å²) in [5.74, 6) is -0.335. The number of aromatic nitrogens is 2. The van der Waals surface area contributed by atoms with Gasteiger partial charge in [0.15, 0.2) is 0 Å². The highest BCUT2D eigenvalue weighted by atomic mass is 35.5. The van der Waals surface area contributed by atoms with Crippen molar-refractivity contribution >= 4 is 22.5 Å². The molecule has 0 atom stereocenters. The monoisotopic (exact) mass is 198 g/mol. The first kappa shape index (κ1) is 8.51. The van der Waals surface area contributed by atoms with Gasteiger partial charge in [-0.15, -0.1) is 0 Å². The van der Waals surface area contributed by atoms with E-state index in [9.17, 15) is 4.39 Å². The van der Waals surface area contributed by atoms with Gasteiger partial charge in [-0.05, 0) is 12.5 Å². The number of hydrogen-bond donors (Lipinski definition) is 1. The van der Waals surface area contributed by atoms with Gasteiger partial charge in [0.2, 0.25) is 0 Å². The van der Waals surface area contributed by atoms with Gasteiger partial charge in [-0.3, -0.25) is 5.10 Å². The topological polar surface area (TPSA) is 28.7 Å². The van der Waals surface area contributed by atoms with E-state index in [1.807, 2.05) is 6.92 Å². The van der Waals surface area contributed by atoms with E-state index in [1.54, 1.807) is 12.3 Å². The molecule has 0 aliphatic rings. The smallest absolute Gasteiger partial charge is 0.145 e. The van der Waals surface area contributed by atoms with E-state index >= 15 is 0 Å². The van der Waals surface area contributed by atoms with Crippen LogP contribution in [0.15, 0.2) is 12.3 Å². The van der Waals surface area contributed by atoms with Crippen molar-refractivity contribution in [1.82, 2.24) is 10.2 Å². The van der Waals surface area contributed by atoms with Gasteiger partial charge in [0, 0.05) is 10.9 Å². The third-order valence-corrected chi connectivity index (χ3v) is 2.37. The average Bonchev–Trinajstić information content (AvgIpc) is 2.54. The molecule has 1 N–H and O–H groups in total. The lowest BCUT2D eigenvalue weighted by Gasteiger charge is -2.02. The zero-order chi connectivity index (χ0) is 9.42. The second kappa shape index (κ2) is 3.00. The number of rotatable bonds is 1. The van der Waals surface area contributed by atoms with Crippen molar-refractivity contribution in [2.24, 2.45) is 0 Å². The van der Waals surface area contributed by atoms with Crippen molar-refractivity contribution in [3.63, 3.8) is 0 Å². The number of H-pyrrole nitrogens is 1. The molecule has 2 nitrogen and oxygen atoms in total. The number of aryl methyl sites for hydroxylation is 1. The van der Waals surface area contributed by atoms with E-state index in [0.717, 1.165) is 10.9 Å². The van der Waals surface area contributed by atoms with Gasteiger partial charge in [0.1, 0.15) is 5.82 Å². The normalized spacial score (nSPS) is 11.0. The second-order valence-corrected chi connectivity index (χ2v) is 3.24. The molecule has 1 heterocycles. The van der Waals surface area contributed by atoms with Crippen molar-refractivity contribution in [1.29, 1.82) is 0 Å². The van der Waals surface area contributed by atoms with Crippen LogP contribution in [-0.4, -0.2) is 10.2 Å². The standard InChI is InChI=1S/C9H8ClFN2/c1-2-5-6-4-12-13-8(6)3-7(10)9(5)11/h3-4H,2H2,1H3,(H,12,13). The van der Waals surface area contributed by atoms with Crippen LogP contribution in [-0.2, 0) is 6.42 Å². The molecule has 0 amide bonds. The summed E-state index contributed by atoms with van der Waals surface area (Å²) in [7, 11) is 0. The van der Waals surface area contributed by atoms with Crippen LogP contribution in [0.4, 0.5) is 4.39 Å². The van der Waals surface area contributed by atoms with Gasteiger partial charge >= 0.3 is 0 Å². The summed E-state index contributed by atoms with van der Waals surface area (Å²) in [5.41, 5.74) is 1.40. The summed E-state index contributed by atoms with van der Waals surface area (Å²) in [4.78, 5) is 0. The highest BCUT2D eigenvalue weighted by Gasteiger charge is 2.11. The molecule has 0 fully saturated rings. The fourth-order valence-electron chi connectivity index (χ4n) is 1.44. The molecule has 0 radical (unpaired) electrons. The van der Waals surface area contributed by atoms with E-state index in [-0.39, 0.29) is 10.8 Å². The third-order valence-electron chi connectivity index (χ3n) is 2.09. The van der Waals surface area contributed by atoms with Crippen LogP contribution in [0.2, 0.25) is 5.02 Å². The van der Waals surface area contributed by atoms with Crippen LogP contribution < -0.4 is 0 Å². The second-order valence-electron chi connectivity index (χ2n) is 2.84. The maximum Gasteiger partial charge on any atom is 0.145 e. The molecule has 4 heteroatoms. The molecule has 0 aliphatic heterocycles. The Morgan fingerprint density at radius 1 is 1.62 bits per heavy atom. The first-order valence-electron chi connectivity index (χ1n) is 4.04. The minimum Gasteiger partial charge on any atom is -0.278 e. The molecule has 0 aliphatic carbocycles. The molecular weight excluding hydrogens is 191 g/mol. The Bertz CT molecular complexity index is 450. The van der Waals surface area contributed by atoms with Crippen molar-refractivity contribution < 1.29 is 4.39 Å². The predicted octanol–water partition coefficient (Wildman–Crippen LogP) is 2.92. The third kappa shape index (κ3) is 1.20. The van der Waals surface area contributed by atoms with E-state index in [2.05, 4.69) is 10.2 Å². The minimum absolute atomic E-state index is 0.147. The Hall–Kier alpha value is -1.09. The molecule has 1 aromatic carbocycles. The van der Waals surface area contributed by atoms with Crippen LogP contribution in [0.5, 0.6) is 0 Å². The molecule has 0 bridgehead atoms. The van der Waals surface area contributed by atoms with Gasteiger partial charge in [-0.2, -0.15) is 5.10 Å². The Morgan fingerprint density at radius 2 is 2.38 bits per heavy atom. The van der Waals surface area contributed by atoms with E-state index in [1.165, 1.54) is 0 Å². The summed E-state index contributed by atoms with van der Waals surface area (Å²) < 4.78 is 13.4. The summed E-state index contributed by atoms with van der Waals surface area (Å²) >= 11 is 5.71. The zero-order valence-electron chi connectivity index (χ0n) is 7.06. The predicted molar refractivity (Wildman–Crippen MR) is 50.4 cm³/mol. The van der Waals surface area contributed by atoms with Gasteiger partial charge in [-0.25, -0.2) is 4.39 Å². The van der Waals surface area contributed by atoms with Crippen LogP contribution in [0.1, 0.15) is 12.5 Å². The van der Waals surface area contributed by atoms with Crippen molar-refractivity contribution in [2.75, 3.05) is 0 Å². The van der Waals surface area contributed by atoms with Gasteiger partial charge in [0.25, 0.3) is 0 Å². The van der Waals surface area contributed by atoms with Crippen molar-refractivity contribution in [3.8, 4) is 0 Å². The highest BCUT2D eigenvalue weighted by Crippen LogP contribution is 2.26. The first-order chi connectivity index (χ1) is 6.24. The Morgan fingerprint density at radius 3 is 3.08 bits per heavy atom. The first-order valence-corrected chi connectivity index (χ1v) is 4.41. The number of nitrogens with one attached hydrogen (secondary N) is 1. The molecule has 1 aromatic heterocycles. The Balaban J connectivity index is 2.87. The van der Waals surface area contributed by atoms with Crippen LogP contribution in [0.25, 0.3) is 10.9 Å². The number of halogens is 2. The molecule has 13 heavy (non-hydrogen) atoms. The van der Waals surface area contributed by atoms with E-state index in [4.69, 9.17) is 11.6 Å². The largest absolute Gasteiger partial charge is 0.278 e. The molecule has 0 unspecified atom stereocenters. The summed E-state index contributed by atoms with van der Waals surface area (Å²) in [6.45, 7) is 1.89. The quantitative estimate of drug-likeness (QED) is 0.750. The molecule has 0 saturated carbocycles. The number of aromatic amines is 1. The van der Waals surface area contributed by atoms with Crippen LogP contribution >= 0.6 is 11.6 Å². The molecule has 2 rings (SSSR count). The summed E-state index contributed by atoms with van der Waals surface area (Å²) in [6.07, 6.45) is 2.23. The highest BCUT2D eigenvalue weighted by molar-refractivity contribution is 6.31. The van der Waals surface area contributed by atoms with Gasteiger partial charge in [-0.1, -0.05) is 18.5 Å². The summed E-state index contributed by atoms with van der Waals surface area (Å²) in [6, 6.07) is 1.55. The van der Waals surface area contributed by atoms with E-state index in [0.29, 0.717) is 12.0 Å². The number of benzene rings is 1. The zero-order valence-corrected chi connectivity index (χ0v) is 7.82. The Kier molecular flexibility index (Phi) is 1.96. The van der Waals surface area contributed by atoms with Crippen molar-refractivity contribution in [2.45, 2.75) is 13.3 Å². The lowest BCUT2D eigenvalue weighted by Crippen LogP contribution is -1.89. The molecule has 2 aromatic rings. The molecular formula is C9H8ClFN2. The fraction of sp³-hybridized carbons (Fsp3) is 0.222. The minimum atomic E-state index is -0.335. The molecule has 68 valence electrons. The Labute approximate surface area is 79.7 Å². The fourth-order valence-corrected chi connectivity index (χ4v) is 1.67. The summed E-state index contributed by atoms with van der Waals surface area (Å²) in [5, 5.41) is 7.56. The molecule has 0 saturated heterocycles. The van der Waals surface area contributed by atoms with Gasteiger partial charge < -0.3 is 0 Å². The SMILES string of the molecule is CCc1c(F)c(Cl)cc2[nH]ncc12. The lowest BCUT2D eigenvalue weighted by molar-refractivity contribution is 0.615. The van der Waals surface area contributed by atoms with Crippen LogP contribution in [0.3, 0.4) is 0 Å². The lowest BCUT2D eigenvalue weighted by atomic mass is 10.1. The van der Waals surface area contributed by atoms with Crippen LogP contribution in [0, 0.1) is 5.82 Å². The van der Waals surface area contributed by atoms with Crippen molar-refractivity contribution in [3.05, 3.63) is 28.7 Å². The molecule has 0 spiro atoms. The maximum atomic E-state index is 13.4.